The zero-order valence-corrected chi connectivity index (χ0v) is 8.18. The molecule has 0 aromatic carbocycles. The van der Waals surface area contributed by atoms with Gasteiger partial charge in [0.15, 0.2) is 0 Å². The minimum atomic E-state index is -0.291. The van der Waals surface area contributed by atoms with Crippen LogP contribution >= 0.6 is 12.4 Å². The van der Waals surface area contributed by atoms with Crippen LogP contribution < -0.4 is 11.1 Å². The molecule has 5 heteroatoms. The van der Waals surface area contributed by atoms with E-state index in [1.54, 1.807) is 0 Å². The van der Waals surface area contributed by atoms with Crippen LogP contribution in [0.15, 0.2) is 0 Å². The molecule has 1 amide bonds. The van der Waals surface area contributed by atoms with Crippen LogP contribution in [-0.4, -0.2) is 30.7 Å². The van der Waals surface area contributed by atoms with Crippen molar-refractivity contribution in [2.75, 3.05) is 6.61 Å². The summed E-state index contributed by atoms with van der Waals surface area (Å²) in [4.78, 5) is 11.3. The second kappa shape index (κ2) is 4.26. The van der Waals surface area contributed by atoms with Gasteiger partial charge in [-0.15, -0.1) is 12.4 Å². The average Bonchev–Trinajstić information content (AvgIpc) is 2.72. The number of hydrogen-bond acceptors (Lipinski definition) is 3. The molecule has 0 spiro atoms. The minimum absolute atomic E-state index is 0. The van der Waals surface area contributed by atoms with Gasteiger partial charge in [0, 0.05) is 12.1 Å². The lowest BCUT2D eigenvalue weighted by molar-refractivity contribution is -0.130. The van der Waals surface area contributed by atoms with Crippen LogP contribution in [0, 0.1) is 0 Å². The number of hydrogen-bond donors (Lipinski definition) is 2. The highest BCUT2D eigenvalue weighted by molar-refractivity contribution is 5.85. The summed E-state index contributed by atoms with van der Waals surface area (Å²) in [6.45, 7) is 0.517. The number of halogens is 1. The van der Waals surface area contributed by atoms with Crippen molar-refractivity contribution >= 4 is 18.3 Å². The summed E-state index contributed by atoms with van der Waals surface area (Å²) in [7, 11) is 0. The highest BCUT2D eigenvalue weighted by Gasteiger charge is 2.32. The number of rotatable bonds is 2. The summed E-state index contributed by atoms with van der Waals surface area (Å²) in [6, 6.07) is 0.456. The first kappa shape index (κ1) is 10.8. The van der Waals surface area contributed by atoms with E-state index in [1.807, 2.05) is 0 Å². The summed E-state index contributed by atoms with van der Waals surface area (Å²) in [5, 5.41) is 2.90. The Morgan fingerprint density at radius 2 is 2.15 bits per heavy atom. The lowest BCUT2D eigenvalue weighted by Gasteiger charge is -2.08. The zero-order chi connectivity index (χ0) is 8.55. The van der Waals surface area contributed by atoms with E-state index in [-0.39, 0.29) is 30.5 Å². The highest BCUT2D eigenvalue weighted by atomic mass is 35.5. The molecule has 0 bridgehead atoms. The smallest absolute Gasteiger partial charge is 0.249 e. The van der Waals surface area contributed by atoms with Crippen molar-refractivity contribution in [1.82, 2.24) is 5.32 Å². The van der Waals surface area contributed by atoms with E-state index >= 15 is 0 Å². The number of nitrogens with two attached hydrogens (primary N) is 1. The lowest BCUT2D eigenvalue weighted by atomic mass is 10.2. The number of carbonyl (C=O) groups is 1. The third kappa shape index (κ3) is 2.83. The Hall–Kier alpha value is -0.320. The van der Waals surface area contributed by atoms with E-state index in [1.165, 1.54) is 0 Å². The fourth-order valence-electron chi connectivity index (χ4n) is 1.36. The molecule has 0 radical (unpaired) electrons. The Morgan fingerprint density at radius 1 is 1.46 bits per heavy atom. The third-order valence-corrected chi connectivity index (χ3v) is 2.24. The third-order valence-electron chi connectivity index (χ3n) is 2.24. The van der Waals surface area contributed by atoms with Gasteiger partial charge >= 0.3 is 0 Å². The summed E-state index contributed by atoms with van der Waals surface area (Å²) in [5.41, 5.74) is 5.60. The molecule has 3 N–H and O–H groups in total. The Morgan fingerprint density at radius 3 is 2.62 bits per heavy atom. The fourth-order valence-corrected chi connectivity index (χ4v) is 1.36. The molecule has 0 aromatic rings. The summed E-state index contributed by atoms with van der Waals surface area (Å²) < 4.78 is 5.22. The second-order valence-electron chi connectivity index (χ2n) is 3.60. The molecule has 2 atom stereocenters. The van der Waals surface area contributed by atoms with Crippen molar-refractivity contribution in [3.63, 3.8) is 0 Å². The van der Waals surface area contributed by atoms with E-state index in [0.717, 1.165) is 12.8 Å². The average molecular weight is 207 g/mol. The van der Waals surface area contributed by atoms with Gasteiger partial charge in [0.1, 0.15) is 6.10 Å². The Kier molecular flexibility index (Phi) is 3.53. The van der Waals surface area contributed by atoms with Crippen LogP contribution in [0.4, 0.5) is 0 Å². The van der Waals surface area contributed by atoms with Gasteiger partial charge in [-0.25, -0.2) is 0 Å². The molecule has 76 valence electrons. The Bertz CT molecular complexity index is 197. The van der Waals surface area contributed by atoms with E-state index in [4.69, 9.17) is 10.5 Å². The summed E-state index contributed by atoms with van der Waals surface area (Å²) in [6.07, 6.45) is 2.61. The first-order valence-corrected chi connectivity index (χ1v) is 4.43. The quantitative estimate of drug-likeness (QED) is 0.658. The number of ether oxygens (including phenoxy) is 1. The van der Waals surface area contributed by atoms with E-state index in [0.29, 0.717) is 19.1 Å². The lowest BCUT2D eigenvalue weighted by Crippen LogP contribution is -2.36. The van der Waals surface area contributed by atoms with E-state index in [9.17, 15) is 4.79 Å². The van der Waals surface area contributed by atoms with Crippen LogP contribution in [0.2, 0.25) is 0 Å². The predicted molar refractivity (Wildman–Crippen MR) is 50.7 cm³/mol. The normalized spacial score (nSPS) is 32.4. The maximum Gasteiger partial charge on any atom is 0.249 e. The Balaban J connectivity index is 0.000000845. The van der Waals surface area contributed by atoms with Gasteiger partial charge in [0.2, 0.25) is 5.91 Å². The maximum atomic E-state index is 11.3. The van der Waals surface area contributed by atoms with Crippen LogP contribution in [0.3, 0.4) is 0 Å². The molecular weight excluding hydrogens is 192 g/mol. The SMILES string of the molecule is Cl.NC1COC(C(=O)NC2CC2)C1. The van der Waals surface area contributed by atoms with Crippen molar-refractivity contribution in [3.8, 4) is 0 Å². The molecule has 1 aliphatic carbocycles. The molecule has 2 rings (SSSR count). The number of amides is 1. The van der Waals surface area contributed by atoms with Gasteiger partial charge in [-0.1, -0.05) is 0 Å². The number of carbonyl (C=O) groups excluding carboxylic acids is 1. The predicted octanol–water partition coefficient (Wildman–Crippen LogP) is -0.197. The van der Waals surface area contributed by atoms with Crippen molar-refractivity contribution in [1.29, 1.82) is 0 Å². The van der Waals surface area contributed by atoms with Gasteiger partial charge in [-0.2, -0.15) is 0 Å². The molecular formula is C8H15ClN2O2. The summed E-state index contributed by atoms with van der Waals surface area (Å²) >= 11 is 0. The molecule has 0 aromatic heterocycles. The van der Waals surface area contributed by atoms with Crippen LogP contribution in [0.25, 0.3) is 0 Å². The standard InChI is InChI=1S/C8H14N2O2.ClH/c9-5-3-7(12-4-5)8(11)10-6-1-2-6;/h5-7H,1-4,9H2,(H,10,11);1H. The van der Waals surface area contributed by atoms with Crippen molar-refractivity contribution < 1.29 is 9.53 Å². The van der Waals surface area contributed by atoms with Crippen molar-refractivity contribution in [2.45, 2.75) is 37.5 Å². The monoisotopic (exact) mass is 206 g/mol. The van der Waals surface area contributed by atoms with Gasteiger partial charge in [-0.3, -0.25) is 4.79 Å². The Labute approximate surface area is 83.6 Å². The molecule has 2 fully saturated rings. The van der Waals surface area contributed by atoms with Crippen molar-refractivity contribution in [3.05, 3.63) is 0 Å². The molecule has 1 heterocycles. The number of nitrogens with one attached hydrogen (secondary N) is 1. The van der Waals surface area contributed by atoms with Crippen LogP contribution in [0.5, 0.6) is 0 Å². The second-order valence-corrected chi connectivity index (χ2v) is 3.60. The van der Waals surface area contributed by atoms with Crippen LogP contribution in [-0.2, 0) is 9.53 Å². The first-order chi connectivity index (χ1) is 5.75. The molecule has 2 aliphatic rings. The fraction of sp³-hybridized carbons (Fsp3) is 0.875. The first-order valence-electron chi connectivity index (χ1n) is 4.43. The van der Waals surface area contributed by atoms with Gasteiger partial charge < -0.3 is 15.8 Å². The highest BCUT2D eigenvalue weighted by Crippen LogP contribution is 2.20. The summed E-state index contributed by atoms with van der Waals surface area (Å²) in [5.74, 6) is 0.0189. The maximum absolute atomic E-state index is 11.3. The topological polar surface area (TPSA) is 64.3 Å². The molecule has 2 unspecified atom stereocenters. The van der Waals surface area contributed by atoms with E-state index < -0.39 is 0 Å². The zero-order valence-electron chi connectivity index (χ0n) is 7.36. The van der Waals surface area contributed by atoms with Crippen LogP contribution in [0.1, 0.15) is 19.3 Å². The molecule has 1 saturated carbocycles. The van der Waals surface area contributed by atoms with Gasteiger partial charge in [0.25, 0.3) is 0 Å². The van der Waals surface area contributed by atoms with E-state index in [2.05, 4.69) is 5.32 Å². The molecule has 1 saturated heterocycles. The van der Waals surface area contributed by atoms with Gasteiger partial charge in [0.05, 0.1) is 6.61 Å². The molecule has 4 nitrogen and oxygen atoms in total. The minimum Gasteiger partial charge on any atom is -0.367 e. The molecule has 1 aliphatic heterocycles. The van der Waals surface area contributed by atoms with Crippen molar-refractivity contribution in [2.24, 2.45) is 5.73 Å². The van der Waals surface area contributed by atoms with Gasteiger partial charge in [-0.05, 0) is 19.3 Å². The molecule has 13 heavy (non-hydrogen) atoms. The largest absolute Gasteiger partial charge is 0.367 e.